The second-order valence-corrected chi connectivity index (χ2v) is 7.71. The maximum atomic E-state index is 12.5. The van der Waals surface area contributed by atoms with Crippen molar-refractivity contribution in [3.8, 4) is 0 Å². The predicted octanol–water partition coefficient (Wildman–Crippen LogP) is 2.88. The maximum Gasteiger partial charge on any atom is 0.266 e. The summed E-state index contributed by atoms with van der Waals surface area (Å²) in [5.41, 5.74) is 1.89. The molecule has 0 fully saturated rings. The Hall–Kier alpha value is -2.65. The van der Waals surface area contributed by atoms with E-state index in [9.17, 15) is 8.42 Å². The summed E-state index contributed by atoms with van der Waals surface area (Å²) in [6, 6.07) is 10.6. The zero-order chi connectivity index (χ0) is 18.7. The van der Waals surface area contributed by atoms with Crippen LogP contribution in [0.5, 0.6) is 0 Å². The van der Waals surface area contributed by atoms with Crippen LogP contribution in [-0.2, 0) is 16.6 Å². The van der Waals surface area contributed by atoms with Crippen molar-refractivity contribution < 1.29 is 8.42 Å². The Morgan fingerprint density at radius 3 is 2.27 bits per heavy atom. The van der Waals surface area contributed by atoms with E-state index in [4.69, 9.17) is 11.6 Å². The lowest BCUT2D eigenvalue weighted by molar-refractivity contribution is 0.600. The van der Waals surface area contributed by atoms with Crippen LogP contribution in [-0.4, -0.2) is 28.8 Å². The Balaban J connectivity index is 1.67. The first-order chi connectivity index (χ1) is 12.3. The minimum atomic E-state index is -3.78. The van der Waals surface area contributed by atoms with Crippen molar-refractivity contribution in [2.24, 2.45) is 0 Å². The molecular formula is C16H17ClN6O2S. The average Bonchev–Trinajstić information content (AvgIpc) is 2.95. The first-order valence-electron chi connectivity index (χ1n) is 7.71. The molecule has 136 valence electrons. The molecular weight excluding hydrogens is 376 g/mol. The normalized spacial score (nSPS) is 11.3. The van der Waals surface area contributed by atoms with Gasteiger partial charge in [-0.1, -0.05) is 23.7 Å². The highest BCUT2D eigenvalue weighted by Gasteiger charge is 2.22. The topological polar surface area (TPSA) is 113 Å². The van der Waals surface area contributed by atoms with Crippen molar-refractivity contribution in [3.05, 3.63) is 58.4 Å². The van der Waals surface area contributed by atoms with Gasteiger partial charge in [-0.15, -0.1) is 10.2 Å². The van der Waals surface area contributed by atoms with Crippen LogP contribution in [0.4, 0.5) is 11.6 Å². The van der Waals surface area contributed by atoms with Crippen molar-refractivity contribution in [2.45, 2.75) is 25.3 Å². The first-order valence-corrected chi connectivity index (χ1v) is 9.58. The second-order valence-electron chi connectivity index (χ2n) is 5.65. The first kappa shape index (κ1) is 18.2. The summed E-state index contributed by atoms with van der Waals surface area (Å²) in [6.07, 6.45) is 0. The van der Waals surface area contributed by atoms with Gasteiger partial charge in [0.25, 0.3) is 10.0 Å². The molecule has 0 saturated carbocycles. The largest absolute Gasteiger partial charge is 0.365 e. The zero-order valence-corrected chi connectivity index (χ0v) is 15.7. The van der Waals surface area contributed by atoms with Gasteiger partial charge in [-0.3, -0.25) is 9.82 Å². The number of hydrogen-bond donors (Lipinski definition) is 3. The summed E-state index contributed by atoms with van der Waals surface area (Å²) in [6.45, 7) is 3.81. The van der Waals surface area contributed by atoms with Crippen LogP contribution in [0.2, 0.25) is 5.02 Å². The quantitative estimate of drug-likeness (QED) is 0.594. The van der Waals surface area contributed by atoms with Crippen LogP contribution >= 0.6 is 11.6 Å². The molecule has 2 heterocycles. The fraction of sp³-hybridized carbons (Fsp3) is 0.188. The van der Waals surface area contributed by atoms with Gasteiger partial charge in [-0.05, 0) is 43.7 Å². The van der Waals surface area contributed by atoms with Gasteiger partial charge in [0.1, 0.15) is 10.7 Å². The number of aromatic amines is 1. The number of rotatable bonds is 6. The van der Waals surface area contributed by atoms with E-state index in [1.54, 1.807) is 26.0 Å². The van der Waals surface area contributed by atoms with E-state index < -0.39 is 10.0 Å². The Bertz CT molecular complexity index is 981. The average molecular weight is 393 g/mol. The third kappa shape index (κ3) is 4.12. The van der Waals surface area contributed by atoms with E-state index >= 15 is 0 Å². The van der Waals surface area contributed by atoms with E-state index in [2.05, 4.69) is 30.4 Å². The maximum absolute atomic E-state index is 12.5. The molecule has 2 aromatic heterocycles. The molecule has 0 amide bonds. The molecule has 0 spiro atoms. The van der Waals surface area contributed by atoms with E-state index in [0.29, 0.717) is 28.8 Å². The molecule has 0 aliphatic heterocycles. The molecule has 3 rings (SSSR count). The van der Waals surface area contributed by atoms with Gasteiger partial charge in [0.2, 0.25) is 0 Å². The van der Waals surface area contributed by atoms with E-state index in [1.165, 1.54) is 0 Å². The number of hydrogen-bond acceptors (Lipinski definition) is 6. The van der Waals surface area contributed by atoms with Gasteiger partial charge in [-0.2, -0.15) is 5.10 Å². The Kier molecular flexibility index (Phi) is 5.10. The monoisotopic (exact) mass is 392 g/mol. The highest BCUT2D eigenvalue weighted by atomic mass is 35.5. The van der Waals surface area contributed by atoms with Crippen molar-refractivity contribution >= 4 is 33.3 Å². The van der Waals surface area contributed by atoms with Gasteiger partial charge >= 0.3 is 0 Å². The van der Waals surface area contributed by atoms with E-state index in [1.807, 2.05) is 24.3 Å². The van der Waals surface area contributed by atoms with Crippen LogP contribution in [0.3, 0.4) is 0 Å². The molecule has 1 aromatic carbocycles. The van der Waals surface area contributed by atoms with Crippen molar-refractivity contribution in [1.29, 1.82) is 0 Å². The summed E-state index contributed by atoms with van der Waals surface area (Å²) < 4.78 is 27.3. The smallest absolute Gasteiger partial charge is 0.266 e. The number of benzene rings is 1. The van der Waals surface area contributed by atoms with Crippen LogP contribution < -0.4 is 10.0 Å². The molecule has 8 nitrogen and oxygen atoms in total. The fourth-order valence-corrected chi connectivity index (χ4v) is 3.90. The third-order valence-electron chi connectivity index (χ3n) is 3.62. The number of nitrogens with one attached hydrogen (secondary N) is 3. The minimum absolute atomic E-state index is 0.115. The number of aryl methyl sites for hydroxylation is 2. The van der Waals surface area contributed by atoms with Gasteiger partial charge in [0.05, 0.1) is 11.4 Å². The van der Waals surface area contributed by atoms with Crippen LogP contribution in [0.1, 0.15) is 17.0 Å². The van der Waals surface area contributed by atoms with Crippen LogP contribution in [0.25, 0.3) is 0 Å². The molecule has 0 saturated heterocycles. The molecule has 0 aliphatic carbocycles. The number of H-pyrrole nitrogens is 1. The number of nitrogens with zero attached hydrogens (tertiary/aromatic N) is 3. The highest BCUT2D eigenvalue weighted by Crippen LogP contribution is 2.20. The minimum Gasteiger partial charge on any atom is -0.365 e. The summed E-state index contributed by atoms with van der Waals surface area (Å²) in [5.74, 6) is 0.653. The molecule has 3 aromatic rings. The molecule has 26 heavy (non-hydrogen) atoms. The summed E-state index contributed by atoms with van der Waals surface area (Å²) >= 11 is 5.85. The lowest BCUT2D eigenvalue weighted by Crippen LogP contribution is -2.16. The highest BCUT2D eigenvalue weighted by molar-refractivity contribution is 7.92. The molecule has 0 radical (unpaired) electrons. The predicted molar refractivity (Wildman–Crippen MR) is 99.7 cm³/mol. The number of halogens is 1. The summed E-state index contributed by atoms with van der Waals surface area (Å²) in [7, 11) is -3.78. The lowest BCUT2D eigenvalue weighted by atomic mass is 10.2. The molecule has 0 bridgehead atoms. The Morgan fingerprint density at radius 2 is 1.69 bits per heavy atom. The van der Waals surface area contributed by atoms with Crippen LogP contribution in [0.15, 0.2) is 41.3 Å². The third-order valence-corrected chi connectivity index (χ3v) is 5.49. The van der Waals surface area contributed by atoms with E-state index in [0.717, 1.165) is 5.56 Å². The van der Waals surface area contributed by atoms with Crippen molar-refractivity contribution in [3.63, 3.8) is 0 Å². The Labute approximate surface area is 156 Å². The van der Waals surface area contributed by atoms with Gasteiger partial charge in [0, 0.05) is 11.6 Å². The van der Waals surface area contributed by atoms with Gasteiger partial charge in [-0.25, -0.2) is 8.42 Å². The number of sulfonamides is 1. The molecule has 0 atom stereocenters. The van der Waals surface area contributed by atoms with Gasteiger partial charge in [0.15, 0.2) is 5.82 Å². The Morgan fingerprint density at radius 1 is 1.04 bits per heavy atom. The number of aromatic nitrogens is 4. The fourth-order valence-electron chi connectivity index (χ4n) is 2.40. The number of anilines is 2. The molecule has 0 unspecified atom stereocenters. The van der Waals surface area contributed by atoms with Crippen LogP contribution in [0, 0.1) is 13.8 Å². The summed E-state index contributed by atoms with van der Waals surface area (Å²) in [5, 5.41) is 18.2. The second kappa shape index (κ2) is 7.30. The molecule has 10 heteroatoms. The molecule has 3 N–H and O–H groups in total. The standard InChI is InChI=1S/C16H17ClN6O2S/c1-10-16(11(2)20-19-10)26(24,25)23-15-8-7-14(21-22-15)18-9-12-3-5-13(17)6-4-12/h3-8H,9H2,1-2H3,(H,18,21)(H,19,20)(H,22,23). The van der Waals surface area contributed by atoms with Crippen molar-refractivity contribution in [1.82, 2.24) is 20.4 Å². The van der Waals surface area contributed by atoms with Crippen molar-refractivity contribution in [2.75, 3.05) is 10.0 Å². The zero-order valence-electron chi connectivity index (χ0n) is 14.1. The summed E-state index contributed by atoms with van der Waals surface area (Å²) in [4.78, 5) is 0.115. The SMILES string of the molecule is Cc1n[nH]c(C)c1S(=O)(=O)Nc1ccc(NCc2ccc(Cl)cc2)nn1. The lowest BCUT2D eigenvalue weighted by Gasteiger charge is -2.08. The van der Waals surface area contributed by atoms with E-state index in [-0.39, 0.29) is 10.7 Å². The molecule has 0 aliphatic rings. The van der Waals surface area contributed by atoms with Gasteiger partial charge < -0.3 is 5.32 Å².